The molecule has 1 saturated heterocycles. The molecule has 3 rings (SSSR count). The fourth-order valence-electron chi connectivity index (χ4n) is 2.94. The summed E-state index contributed by atoms with van der Waals surface area (Å²) < 4.78 is 27.3. The molecule has 1 fully saturated rings. The van der Waals surface area contributed by atoms with E-state index in [-0.39, 0.29) is 10.5 Å². The van der Waals surface area contributed by atoms with Crippen LogP contribution in [0.3, 0.4) is 0 Å². The monoisotopic (exact) mass is 321 g/mol. The number of nitrogens with zero attached hydrogens (tertiary/aromatic N) is 1. The molecule has 22 heavy (non-hydrogen) atoms. The Morgan fingerprint density at radius 1 is 1.18 bits per heavy atom. The third-order valence-electron chi connectivity index (χ3n) is 4.26. The van der Waals surface area contributed by atoms with Gasteiger partial charge in [0.15, 0.2) is 0 Å². The second-order valence-corrected chi connectivity index (χ2v) is 7.40. The molecule has 1 aliphatic rings. The fourth-order valence-corrected chi connectivity index (χ4v) is 4.62. The van der Waals surface area contributed by atoms with Crippen LogP contribution in [0.2, 0.25) is 0 Å². The van der Waals surface area contributed by atoms with Crippen LogP contribution >= 0.6 is 0 Å². The summed E-state index contributed by atoms with van der Waals surface area (Å²) in [6.45, 7) is 0.987. The summed E-state index contributed by atoms with van der Waals surface area (Å²) in [4.78, 5) is 14.6. The van der Waals surface area contributed by atoms with E-state index >= 15 is 0 Å². The second kappa shape index (κ2) is 5.83. The molecule has 0 saturated carbocycles. The average molecular weight is 321 g/mol. The third-order valence-corrected chi connectivity index (χ3v) is 6.21. The molecule has 1 aliphatic heterocycles. The number of hydrogen-bond donors (Lipinski definition) is 2. The molecule has 0 radical (unpaired) electrons. The van der Waals surface area contributed by atoms with E-state index in [9.17, 15) is 13.2 Å². The number of pyridine rings is 1. The minimum atomic E-state index is -3.58. The summed E-state index contributed by atoms with van der Waals surface area (Å²) in [7, 11) is -1.69. The zero-order valence-corrected chi connectivity index (χ0v) is 13.2. The SMILES string of the molecule is CNC1CCN(S(=O)(=O)c2cccc3c(=O)[nH]ccc23)CC1. The maximum atomic E-state index is 12.9. The molecule has 0 unspecified atom stereocenters. The largest absolute Gasteiger partial charge is 0.329 e. The van der Waals surface area contributed by atoms with Gasteiger partial charge in [0.05, 0.1) is 4.90 Å². The maximum absolute atomic E-state index is 12.9. The number of rotatable bonds is 3. The average Bonchev–Trinajstić information content (AvgIpc) is 2.55. The number of aromatic nitrogens is 1. The van der Waals surface area contributed by atoms with Gasteiger partial charge in [-0.15, -0.1) is 0 Å². The van der Waals surface area contributed by atoms with Crippen molar-refractivity contribution < 1.29 is 8.42 Å². The molecule has 118 valence electrons. The van der Waals surface area contributed by atoms with E-state index in [0.717, 1.165) is 12.8 Å². The van der Waals surface area contributed by atoms with E-state index in [4.69, 9.17) is 0 Å². The number of fused-ring (bicyclic) bond motifs is 1. The maximum Gasteiger partial charge on any atom is 0.255 e. The second-order valence-electron chi connectivity index (χ2n) is 5.49. The van der Waals surface area contributed by atoms with Gasteiger partial charge < -0.3 is 10.3 Å². The van der Waals surface area contributed by atoms with Gasteiger partial charge in [-0.05, 0) is 38.1 Å². The number of H-pyrrole nitrogens is 1. The topological polar surface area (TPSA) is 82.3 Å². The lowest BCUT2D eigenvalue weighted by molar-refractivity contribution is 0.298. The Balaban J connectivity index is 2.03. The van der Waals surface area contributed by atoms with E-state index in [0.29, 0.717) is 29.9 Å². The Morgan fingerprint density at radius 3 is 2.59 bits per heavy atom. The molecule has 6 nitrogen and oxygen atoms in total. The van der Waals surface area contributed by atoms with E-state index in [1.165, 1.54) is 10.5 Å². The molecule has 2 heterocycles. The molecule has 1 aromatic heterocycles. The van der Waals surface area contributed by atoms with Gasteiger partial charge in [0.25, 0.3) is 5.56 Å². The normalized spacial score (nSPS) is 17.9. The minimum absolute atomic E-state index is 0.207. The summed E-state index contributed by atoms with van der Waals surface area (Å²) in [5, 5.41) is 4.06. The summed E-state index contributed by atoms with van der Waals surface area (Å²) in [6.07, 6.45) is 3.07. The molecule has 0 bridgehead atoms. The number of sulfonamides is 1. The molecule has 1 aromatic carbocycles. The van der Waals surface area contributed by atoms with Crippen molar-refractivity contribution in [3.05, 3.63) is 40.8 Å². The summed E-state index contributed by atoms with van der Waals surface area (Å²) in [6, 6.07) is 6.83. The number of piperidine rings is 1. The first-order valence-electron chi connectivity index (χ1n) is 7.32. The lowest BCUT2D eigenvalue weighted by atomic mass is 10.1. The van der Waals surface area contributed by atoms with Gasteiger partial charge in [-0.25, -0.2) is 8.42 Å². The van der Waals surface area contributed by atoms with Crippen molar-refractivity contribution in [2.45, 2.75) is 23.8 Å². The fraction of sp³-hybridized carbons (Fsp3) is 0.400. The zero-order chi connectivity index (χ0) is 15.7. The molecule has 2 N–H and O–H groups in total. The Kier molecular flexibility index (Phi) is 4.03. The van der Waals surface area contributed by atoms with Crippen LogP contribution in [0, 0.1) is 0 Å². The van der Waals surface area contributed by atoms with Crippen molar-refractivity contribution in [3.8, 4) is 0 Å². The molecule has 0 spiro atoms. The first-order valence-corrected chi connectivity index (χ1v) is 8.76. The lowest BCUT2D eigenvalue weighted by Crippen LogP contribution is -2.43. The summed E-state index contributed by atoms with van der Waals surface area (Å²) >= 11 is 0. The zero-order valence-electron chi connectivity index (χ0n) is 12.4. The number of benzene rings is 1. The van der Waals surface area contributed by atoms with Crippen molar-refractivity contribution in [2.75, 3.05) is 20.1 Å². The van der Waals surface area contributed by atoms with E-state index in [1.54, 1.807) is 24.3 Å². The van der Waals surface area contributed by atoms with Crippen LogP contribution in [0.4, 0.5) is 0 Å². The smallest absolute Gasteiger partial charge is 0.255 e. The number of nitrogens with one attached hydrogen (secondary N) is 2. The molecule has 0 atom stereocenters. The van der Waals surface area contributed by atoms with E-state index in [2.05, 4.69) is 10.3 Å². The van der Waals surface area contributed by atoms with Crippen LogP contribution in [0.25, 0.3) is 10.8 Å². The Labute approximate surface area is 129 Å². The first kappa shape index (κ1) is 15.2. The van der Waals surface area contributed by atoms with Crippen LogP contribution in [-0.4, -0.2) is 43.9 Å². The van der Waals surface area contributed by atoms with Gasteiger partial charge in [0.1, 0.15) is 0 Å². The van der Waals surface area contributed by atoms with Crippen LogP contribution in [0.1, 0.15) is 12.8 Å². The lowest BCUT2D eigenvalue weighted by Gasteiger charge is -2.31. The van der Waals surface area contributed by atoms with Gasteiger partial charge >= 0.3 is 0 Å². The predicted molar refractivity (Wildman–Crippen MR) is 85.4 cm³/mol. The van der Waals surface area contributed by atoms with Gasteiger partial charge in [-0.1, -0.05) is 6.07 Å². The van der Waals surface area contributed by atoms with Crippen molar-refractivity contribution in [1.29, 1.82) is 0 Å². The molecular weight excluding hydrogens is 302 g/mol. The van der Waals surface area contributed by atoms with Crippen LogP contribution in [0.15, 0.2) is 40.2 Å². The molecular formula is C15H19N3O3S. The Morgan fingerprint density at radius 2 is 1.91 bits per heavy atom. The van der Waals surface area contributed by atoms with Crippen molar-refractivity contribution >= 4 is 20.8 Å². The standard InChI is InChI=1S/C15H19N3O3S/c1-16-11-6-9-18(10-7-11)22(20,21)14-4-2-3-13-12(14)5-8-17-15(13)19/h2-5,8,11,16H,6-7,9-10H2,1H3,(H,17,19). The van der Waals surface area contributed by atoms with Crippen LogP contribution < -0.4 is 10.9 Å². The molecule has 2 aromatic rings. The molecule has 0 aliphatic carbocycles. The van der Waals surface area contributed by atoms with Crippen LogP contribution in [0.5, 0.6) is 0 Å². The van der Waals surface area contributed by atoms with E-state index < -0.39 is 10.0 Å². The van der Waals surface area contributed by atoms with Gasteiger partial charge in [0.2, 0.25) is 10.0 Å². The van der Waals surface area contributed by atoms with Gasteiger partial charge in [0, 0.05) is 36.1 Å². The van der Waals surface area contributed by atoms with Crippen molar-refractivity contribution in [2.24, 2.45) is 0 Å². The number of aromatic amines is 1. The van der Waals surface area contributed by atoms with Gasteiger partial charge in [-0.3, -0.25) is 4.79 Å². The third kappa shape index (κ3) is 2.55. The highest BCUT2D eigenvalue weighted by Crippen LogP contribution is 2.26. The Bertz CT molecular complexity index is 836. The summed E-state index contributed by atoms with van der Waals surface area (Å²) in [5.41, 5.74) is -0.275. The van der Waals surface area contributed by atoms with Crippen molar-refractivity contribution in [3.63, 3.8) is 0 Å². The highest BCUT2D eigenvalue weighted by atomic mass is 32.2. The number of hydrogen-bond acceptors (Lipinski definition) is 4. The van der Waals surface area contributed by atoms with Crippen molar-refractivity contribution in [1.82, 2.24) is 14.6 Å². The summed E-state index contributed by atoms with van der Waals surface area (Å²) in [5.74, 6) is 0. The predicted octanol–water partition coefficient (Wildman–Crippen LogP) is 0.901. The molecule has 0 amide bonds. The highest BCUT2D eigenvalue weighted by molar-refractivity contribution is 7.89. The first-order chi connectivity index (χ1) is 10.5. The van der Waals surface area contributed by atoms with Crippen LogP contribution in [-0.2, 0) is 10.0 Å². The molecule has 7 heteroatoms. The highest BCUT2D eigenvalue weighted by Gasteiger charge is 2.30. The quantitative estimate of drug-likeness (QED) is 0.880. The minimum Gasteiger partial charge on any atom is -0.329 e. The van der Waals surface area contributed by atoms with E-state index in [1.807, 2.05) is 7.05 Å². The Hall–Kier alpha value is -1.70. The van der Waals surface area contributed by atoms with Gasteiger partial charge in [-0.2, -0.15) is 4.31 Å².